The number of aliphatic hydroxyl groups is 1. The zero-order valence-corrected chi connectivity index (χ0v) is 13.4. The SMILES string of the molecule is CCOC[C@@H](O)CN1CCN(C(=O)c2cn[nH]c2CC)CC1. The summed E-state index contributed by atoms with van der Waals surface area (Å²) < 4.78 is 5.22. The van der Waals surface area contributed by atoms with E-state index in [1.54, 1.807) is 6.20 Å². The van der Waals surface area contributed by atoms with Gasteiger partial charge in [-0.25, -0.2) is 0 Å². The molecule has 2 N–H and O–H groups in total. The van der Waals surface area contributed by atoms with Crippen LogP contribution in [0.3, 0.4) is 0 Å². The number of H-pyrrole nitrogens is 1. The molecule has 1 fully saturated rings. The highest BCUT2D eigenvalue weighted by Gasteiger charge is 2.25. The minimum absolute atomic E-state index is 0.0418. The van der Waals surface area contributed by atoms with Crippen molar-refractivity contribution in [2.24, 2.45) is 0 Å². The lowest BCUT2D eigenvalue weighted by Crippen LogP contribution is -2.50. The first-order valence-electron chi connectivity index (χ1n) is 7.95. The fourth-order valence-corrected chi connectivity index (χ4v) is 2.68. The maximum Gasteiger partial charge on any atom is 0.257 e. The molecule has 1 aromatic heterocycles. The number of piperazine rings is 1. The maximum absolute atomic E-state index is 12.5. The van der Waals surface area contributed by atoms with Crippen LogP contribution in [-0.2, 0) is 11.2 Å². The molecular formula is C15H26N4O3. The molecule has 0 bridgehead atoms. The van der Waals surface area contributed by atoms with Gasteiger partial charge in [-0.05, 0) is 13.3 Å². The quantitative estimate of drug-likeness (QED) is 0.748. The topological polar surface area (TPSA) is 81.7 Å². The third-order valence-electron chi connectivity index (χ3n) is 3.95. The second-order valence-electron chi connectivity index (χ2n) is 5.52. The second kappa shape index (κ2) is 8.26. The number of aryl methyl sites for hydroxylation is 1. The van der Waals surface area contributed by atoms with Gasteiger partial charge in [0, 0.05) is 45.0 Å². The van der Waals surface area contributed by atoms with E-state index in [4.69, 9.17) is 4.74 Å². The van der Waals surface area contributed by atoms with Crippen LogP contribution in [0.4, 0.5) is 0 Å². The molecule has 1 atom stereocenters. The summed E-state index contributed by atoms with van der Waals surface area (Å²) in [5.74, 6) is 0.0418. The zero-order chi connectivity index (χ0) is 15.9. The molecule has 1 aromatic rings. The maximum atomic E-state index is 12.5. The monoisotopic (exact) mass is 310 g/mol. The molecule has 2 rings (SSSR count). The Morgan fingerprint density at radius 2 is 2.14 bits per heavy atom. The van der Waals surface area contributed by atoms with Gasteiger partial charge in [-0.15, -0.1) is 0 Å². The Kier molecular flexibility index (Phi) is 6.35. The third-order valence-corrected chi connectivity index (χ3v) is 3.95. The van der Waals surface area contributed by atoms with E-state index in [2.05, 4.69) is 15.1 Å². The first-order valence-corrected chi connectivity index (χ1v) is 7.95. The number of aliphatic hydroxyl groups excluding tert-OH is 1. The molecule has 0 aromatic carbocycles. The van der Waals surface area contributed by atoms with Crippen molar-refractivity contribution in [2.75, 3.05) is 45.9 Å². The first kappa shape index (κ1) is 16.9. The van der Waals surface area contributed by atoms with Crippen molar-refractivity contribution < 1.29 is 14.6 Å². The number of amides is 1. The Labute approximate surface area is 131 Å². The molecule has 1 saturated heterocycles. The number of rotatable bonds is 7. The molecule has 1 aliphatic rings. The van der Waals surface area contributed by atoms with Crippen LogP contribution in [0.5, 0.6) is 0 Å². The summed E-state index contributed by atoms with van der Waals surface area (Å²) in [4.78, 5) is 16.5. The summed E-state index contributed by atoms with van der Waals surface area (Å²) in [6, 6.07) is 0. The van der Waals surface area contributed by atoms with Gasteiger partial charge in [0.1, 0.15) is 0 Å². The molecule has 0 radical (unpaired) electrons. The first-order chi connectivity index (χ1) is 10.7. The summed E-state index contributed by atoms with van der Waals surface area (Å²) in [6.07, 6.45) is 1.91. The normalized spacial score (nSPS) is 17.7. The van der Waals surface area contributed by atoms with E-state index in [-0.39, 0.29) is 5.91 Å². The zero-order valence-electron chi connectivity index (χ0n) is 13.4. The van der Waals surface area contributed by atoms with Crippen molar-refractivity contribution in [3.05, 3.63) is 17.5 Å². The summed E-state index contributed by atoms with van der Waals surface area (Å²) in [6.45, 7) is 8.38. The third kappa shape index (κ3) is 4.28. The molecule has 7 heteroatoms. The van der Waals surface area contributed by atoms with E-state index in [0.29, 0.717) is 38.4 Å². The Morgan fingerprint density at radius 1 is 1.41 bits per heavy atom. The van der Waals surface area contributed by atoms with Crippen molar-refractivity contribution in [3.63, 3.8) is 0 Å². The van der Waals surface area contributed by atoms with Crippen LogP contribution >= 0.6 is 0 Å². The van der Waals surface area contributed by atoms with Gasteiger partial charge in [0.2, 0.25) is 0 Å². The number of aromatic nitrogens is 2. The lowest BCUT2D eigenvalue weighted by Gasteiger charge is -2.35. The highest BCUT2D eigenvalue weighted by Crippen LogP contribution is 2.12. The van der Waals surface area contributed by atoms with Gasteiger partial charge in [-0.3, -0.25) is 14.8 Å². The number of hydrogen-bond donors (Lipinski definition) is 2. The molecule has 7 nitrogen and oxygen atoms in total. The van der Waals surface area contributed by atoms with Crippen molar-refractivity contribution in [2.45, 2.75) is 26.4 Å². The summed E-state index contributed by atoms with van der Waals surface area (Å²) in [7, 11) is 0. The predicted octanol–water partition coefficient (Wildman–Crippen LogP) is 0.127. The Balaban J connectivity index is 1.80. The summed E-state index contributed by atoms with van der Waals surface area (Å²) in [5, 5.41) is 16.7. The van der Waals surface area contributed by atoms with Crippen LogP contribution in [0.2, 0.25) is 0 Å². The van der Waals surface area contributed by atoms with Crippen LogP contribution in [0.1, 0.15) is 29.9 Å². The second-order valence-corrected chi connectivity index (χ2v) is 5.52. The van der Waals surface area contributed by atoms with Gasteiger partial charge < -0.3 is 14.7 Å². The molecule has 0 unspecified atom stereocenters. The number of hydrogen-bond acceptors (Lipinski definition) is 5. The van der Waals surface area contributed by atoms with Crippen molar-refractivity contribution in [1.82, 2.24) is 20.0 Å². The van der Waals surface area contributed by atoms with Gasteiger partial charge in [0.05, 0.1) is 24.5 Å². The Bertz CT molecular complexity index is 469. The van der Waals surface area contributed by atoms with E-state index in [1.807, 2.05) is 18.7 Å². The average molecular weight is 310 g/mol. The highest BCUT2D eigenvalue weighted by atomic mass is 16.5. The van der Waals surface area contributed by atoms with Crippen molar-refractivity contribution >= 4 is 5.91 Å². The van der Waals surface area contributed by atoms with Crippen LogP contribution in [-0.4, -0.2) is 83.1 Å². The van der Waals surface area contributed by atoms with E-state index < -0.39 is 6.10 Å². The summed E-state index contributed by atoms with van der Waals surface area (Å²) in [5.41, 5.74) is 1.56. The van der Waals surface area contributed by atoms with Gasteiger partial charge in [-0.1, -0.05) is 6.92 Å². The molecule has 0 aliphatic carbocycles. The van der Waals surface area contributed by atoms with Gasteiger partial charge in [0.25, 0.3) is 5.91 Å². The molecule has 0 saturated carbocycles. The summed E-state index contributed by atoms with van der Waals surface area (Å²) >= 11 is 0. The van der Waals surface area contributed by atoms with Gasteiger partial charge in [-0.2, -0.15) is 5.10 Å². The molecular weight excluding hydrogens is 284 g/mol. The molecule has 124 valence electrons. The number of carbonyl (C=O) groups is 1. The average Bonchev–Trinajstić information content (AvgIpc) is 3.01. The van der Waals surface area contributed by atoms with Crippen LogP contribution in [0.25, 0.3) is 0 Å². The molecule has 0 spiro atoms. The number of β-amino-alcohol motifs (C(OH)–C–C–N with tert-alkyl or cyclic N) is 1. The number of nitrogens with one attached hydrogen (secondary N) is 1. The number of aromatic amines is 1. The number of carbonyl (C=O) groups excluding carboxylic acids is 1. The van der Waals surface area contributed by atoms with Gasteiger partial charge in [0.15, 0.2) is 0 Å². The molecule has 1 aliphatic heterocycles. The Morgan fingerprint density at radius 3 is 2.77 bits per heavy atom. The predicted molar refractivity (Wildman–Crippen MR) is 82.8 cm³/mol. The minimum atomic E-state index is -0.470. The smallest absolute Gasteiger partial charge is 0.257 e. The number of nitrogens with zero attached hydrogens (tertiary/aromatic N) is 3. The van der Waals surface area contributed by atoms with E-state index in [0.717, 1.165) is 25.2 Å². The van der Waals surface area contributed by atoms with E-state index in [9.17, 15) is 9.90 Å². The largest absolute Gasteiger partial charge is 0.389 e. The molecule has 2 heterocycles. The molecule has 22 heavy (non-hydrogen) atoms. The van der Waals surface area contributed by atoms with Crippen molar-refractivity contribution in [1.29, 1.82) is 0 Å². The van der Waals surface area contributed by atoms with Crippen molar-refractivity contribution in [3.8, 4) is 0 Å². The fourth-order valence-electron chi connectivity index (χ4n) is 2.68. The van der Waals surface area contributed by atoms with Crippen LogP contribution in [0.15, 0.2) is 6.20 Å². The van der Waals surface area contributed by atoms with Gasteiger partial charge >= 0.3 is 0 Å². The lowest BCUT2D eigenvalue weighted by molar-refractivity contribution is 0.0111. The molecule has 1 amide bonds. The lowest BCUT2D eigenvalue weighted by atomic mass is 10.1. The Hall–Kier alpha value is -1.44. The number of ether oxygens (including phenoxy) is 1. The fraction of sp³-hybridized carbons (Fsp3) is 0.733. The van der Waals surface area contributed by atoms with Crippen LogP contribution < -0.4 is 0 Å². The standard InChI is InChI=1S/C15H26N4O3/c1-3-14-13(9-16-17-14)15(21)19-7-5-18(6-8-19)10-12(20)11-22-4-2/h9,12,20H,3-8,10-11H2,1-2H3,(H,16,17)/t12-/m0/s1. The van der Waals surface area contributed by atoms with E-state index >= 15 is 0 Å². The highest BCUT2D eigenvalue weighted by molar-refractivity contribution is 5.95. The minimum Gasteiger partial charge on any atom is -0.389 e. The van der Waals surface area contributed by atoms with Crippen LogP contribution in [0, 0.1) is 0 Å². The van der Waals surface area contributed by atoms with E-state index in [1.165, 1.54) is 0 Å².